The molecule has 1 rings (SSSR count). The molecule has 1 aliphatic heterocycles. The number of nitrogens with zero attached hydrogens (tertiary/aromatic N) is 1. The van der Waals surface area contributed by atoms with Gasteiger partial charge in [-0.1, -0.05) is 0 Å². The Kier molecular flexibility index (Phi) is 13.2. The van der Waals surface area contributed by atoms with Crippen LogP contribution in [0.3, 0.4) is 0 Å². The van der Waals surface area contributed by atoms with E-state index in [0.29, 0.717) is 39.6 Å². The van der Waals surface area contributed by atoms with Gasteiger partial charge in [0.2, 0.25) is 5.91 Å². The summed E-state index contributed by atoms with van der Waals surface area (Å²) in [6, 6.07) is -1.05. The van der Waals surface area contributed by atoms with Gasteiger partial charge in [0.15, 0.2) is 0 Å². The summed E-state index contributed by atoms with van der Waals surface area (Å²) in [6.45, 7) is 2.52. The molecule has 0 fully saturated rings. The van der Waals surface area contributed by atoms with E-state index >= 15 is 0 Å². The van der Waals surface area contributed by atoms with E-state index in [0.717, 1.165) is 17.1 Å². The lowest BCUT2D eigenvalue weighted by Crippen LogP contribution is -2.53. The number of hydrogen-bond donors (Lipinski definition) is 3. The number of carbonyl (C=O) groups excluding carboxylic acids is 3. The van der Waals surface area contributed by atoms with Crippen LogP contribution < -0.4 is 11.1 Å². The van der Waals surface area contributed by atoms with Crippen molar-refractivity contribution in [2.45, 2.75) is 12.5 Å². The zero-order valence-corrected chi connectivity index (χ0v) is 16.7. The SMILES string of the molecule is NC[C@@H](C(=O)NCCOCCOCCOCCOCCC(=O)O)N1C(=O)C=CC1=O. The first kappa shape index (κ1) is 25.7. The van der Waals surface area contributed by atoms with Crippen molar-refractivity contribution in [1.29, 1.82) is 0 Å². The molecule has 30 heavy (non-hydrogen) atoms. The Morgan fingerprint density at radius 2 is 1.37 bits per heavy atom. The Labute approximate surface area is 174 Å². The van der Waals surface area contributed by atoms with E-state index in [1.54, 1.807) is 0 Å². The van der Waals surface area contributed by atoms with E-state index in [2.05, 4.69) is 5.32 Å². The maximum Gasteiger partial charge on any atom is 0.305 e. The van der Waals surface area contributed by atoms with Crippen molar-refractivity contribution in [3.63, 3.8) is 0 Å². The van der Waals surface area contributed by atoms with Crippen molar-refractivity contribution in [3.8, 4) is 0 Å². The third-order valence-corrected chi connectivity index (χ3v) is 3.80. The molecule has 1 heterocycles. The van der Waals surface area contributed by atoms with Crippen molar-refractivity contribution in [2.24, 2.45) is 5.73 Å². The van der Waals surface area contributed by atoms with Crippen molar-refractivity contribution in [3.05, 3.63) is 12.2 Å². The van der Waals surface area contributed by atoms with E-state index in [4.69, 9.17) is 29.8 Å². The van der Waals surface area contributed by atoms with Crippen LogP contribution in [0.2, 0.25) is 0 Å². The van der Waals surface area contributed by atoms with Crippen LogP contribution >= 0.6 is 0 Å². The van der Waals surface area contributed by atoms with Crippen molar-refractivity contribution >= 4 is 23.7 Å². The number of aliphatic carboxylic acids is 1. The van der Waals surface area contributed by atoms with Crippen LogP contribution in [0.4, 0.5) is 0 Å². The molecular weight excluding hydrogens is 402 g/mol. The summed E-state index contributed by atoms with van der Waals surface area (Å²) in [4.78, 5) is 46.5. The zero-order valence-electron chi connectivity index (χ0n) is 16.7. The first-order valence-corrected chi connectivity index (χ1v) is 9.53. The third-order valence-electron chi connectivity index (χ3n) is 3.80. The number of ether oxygens (including phenoxy) is 4. The van der Waals surface area contributed by atoms with Crippen molar-refractivity contribution < 1.29 is 43.2 Å². The molecule has 0 bridgehead atoms. The second kappa shape index (κ2) is 15.5. The van der Waals surface area contributed by atoms with Crippen LogP contribution in [0, 0.1) is 0 Å². The fourth-order valence-electron chi connectivity index (χ4n) is 2.33. The van der Waals surface area contributed by atoms with Crippen LogP contribution in [0.25, 0.3) is 0 Å². The van der Waals surface area contributed by atoms with Crippen LogP contribution in [-0.2, 0) is 38.1 Å². The minimum atomic E-state index is -1.05. The molecule has 0 saturated carbocycles. The molecule has 1 aliphatic rings. The molecular formula is C18H29N3O9. The number of amides is 3. The van der Waals surface area contributed by atoms with Gasteiger partial charge < -0.3 is 35.1 Å². The molecule has 0 unspecified atom stereocenters. The maximum absolute atomic E-state index is 12.1. The number of nitrogens with two attached hydrogens (primary N) is 1. The molecule has 0 aromatic carbocycles. The van der Waals surface area contributed by atoms with E-state index in [1.165, 1.54) is 0 Å². The summed E-state index contributed by atoms with van der Waals surface area (Å²) < 4.78 is 20.9. The average Bonchev–Trinajstić information content (AvgIpc) is 3.04. The van der Waals surface area contributed by atoms with Gasteiger partial charge in [-0.3, -0.25) is 24.1 Å². The molecule has 0 saturated heterocycles. The van der Waals surface area contributed by atoms with Crippen LogP contribution in [-0.4, -0.2) is 106 Å². The smallest absolute Gasteiger partial charge is 0.305 e. The fraction of sp³-hybridized carbons (Fsp3) is 0.667. The lowest BCUT2D eigenvalue weighted by atomic mass is 10.2. The summed E-state index contributed by atoms with van der Waals surface area (Å²) in [5.41, 5.74) is 5.52. The number of imide groups is 1. The van der Waals surface area contributed by atoms with Crippen LogP contribution in [0.5, 0.6) is 0 Å². The largest absolute Gasteiger partial charge is 0.481 e. The van der Waals surface area contributed by atoms with Crippen LogP contribution in [0.15, 0.2) is 12.2 Å². The highest BCUT2D eigenvalue weighted by Gasteiger charge is 2.34. The van der Waals surface area contributed by atoms with Crippen molar-refractivity contribution in [1.82, 2.24) is 10.2 Å². The summed E-state index contributed by atoms with van der Waals surface area (Å²) in [7, 11) is 0. The molecule has 4 N–H and O–H groups in total. The number of carboxylic acids is 1. The lowest BCUT2D eigenvalue weighted by Gasteiger charge is -2.23. The number of rotatable bonds is 18. The molecule has 12 heteroatoms. The lowest BCUT2D eigenvalue weighted by molar-refractivity contribution is -0.145. The summed E-state index contributed by atoms with van der Waals surface area (Å²) in [5, 5.41) is 11.0. The third kappa shape index (κ3) is 10.4. The summed E-state index contributed by atoms with van der Waals surface area (Å²) in [6.07, 6.45) is 2.17. The van der Waals surface area contributed by atoms with Gasteiger partial charge in [-0.05, 0) is 0 Å². The zero-order chi connectivity index (χ0) is 22.2. The molecule has 0 aromatic rings. The first-order chi connectivity index (χ1) is 14.5. The van der Waals surface area contributed by atoms with Gasteiger partial charge >= 0.3 is 5.97 Å². The Balaban J connectivity index is 1.93. The van der Waals surface area contributed by atoms with Gasteiger partial charge in [0, 0.05) is 25.2 Å². The molecule has 0 spiro atoms. The standard InChI is InChI=1S/C18H29N3O9/c19-13-14(21-15(22)1-2-16(21)23)18(26)20-4-6-28-8-10-30-12-11-29-9-7-27-5-3-17(24)25/h1-2,14H,3-13,19H2,(H,20,26)(H,24,25)/t14-/m0/s1. The molecule has 170 valence electrons. The molecule has 12 nitrogen and oxygen atoms in total. The average molecular weight is 431 g/mol. The number of carbonyl (C=O) groups is 4. The Hall–Kier alpha value is -2.38. The van der Waals surface area contributed by atoms with Crippen LogP contribution in [0.1, 0.15) is 6.42 Å². The topological polar surface area (TPSA) is 167 Å². The monoisotopic (exact) mass is 431 g/mol. The van der Waals surface area contributed by atoms with E-state index in [9.17, 15) is 19.2 Å². The Bertz CT molecular complexity index is 579. The Morgan fingerprint density at radius 3 is 1.83 bits per heavy atom. The second-order valence-electron chi connectivity index (χ2n) is 6.02. The van der Waals surface area contributed by atoms with Crippen molar-refractivity contribution in [2.75, 3.05) is 65.9 Å². The predicted octanol–water partition coefficient (Wildman–Crippen LogP) is -2.10. The minimum Gasteiger partial charge on any atom is -0.481 e. The number of carboxylic acid groups (broad SMARTS) is 1. The highest BCUT2D eigenvalue weighted by Crippen LogP contribution is 2.08. The van der Waals surface area contributed by atoms with E-state index < -0.39 is 29.7 Å². The molecule has 3 amide bonds. The highest BCUT2D eigenvalue weighted by molar-refractivity contribution is 6.15. The highest BCUT2D eigenvalue weighted by atomic mass is 16.6. The van der Waals surface area contributed by atoms with Gasteiger partial charge in [-0.15, -0.1) is 0 Å². The number of hydrogen-bond acceptors (Lipinski definition) is 9. The quantitative estimate of drug-likeness (QED) is 0.161. The summed E-state index contributed by atoms with van der Waals surface area (Å²) in [5.74, 6) is -2.55. The Morgan fingerprint density at radius 1 is 0.900 bits per heavy atom. The molecule has 1 atom stereocenters. The van der Waals surface area contributed by atoms with Gasteiger partial charge in [0.1, 0.15) is 6.04 Å². The van der Waals surface area contributed by atoms with E-state index in [1.807, 2.05) is 0 Å². The summed E-state index contributed by atoms with van der Waals surface area (Å²) >= 11 is 0. The number of nitrogens with one attached hydrogen (secondary N) is 1. The minimum absolute atomic E-state index is 0.0321. The van der Waals surface area contributed by atoms with Gasteiger partial charge in [0.05, 0.1) is 59.3 Å². The normalized spacial score (nSPS) is 14.4. The maximum atomic E-state index is 12.1. The van der Waals surface area contributed by atoms with E-state index in [-0.39, 0.29) is 32.7 Å². The van der Waals surface area contributed by atoms with Gasteiger partial charge in [0.25, 0.3) is 11.8 Å². The van der Waals surface area contributed by atoms with Gasteiger partial charge in [-0.2, -0.15) is 0 Å². The second-order valence-corrected chi connectivity index (χ2v) is 6.02. The predicted molar refractivity (Wildman–Crippen MR) is 102 cm³/mol. The molecule has 0 aliphatic carbocycles. The first-order valence-electron chi connectivity index (χ1n) is 9.53. The molecule has 0 aromatic heterocycles. The fourth-order valence-corrected chi connectivity index (χ4v) is 2.33. The molecule has 0 radical (unpaired) electrons. The van der Waals surface area contributed by atoms with Gasteiger partial charge in [-0.25, -0.2) is 0 Å².